The maximum Gasteiger partial charge on any atom is 0.233 e. The van der Waals surface area contributed by atoms with Gasteiger partial charge in [-0.3, -0.25) is 9.89 Å². The number of benzene rings is 2. The number of halogens is 1. The fraction of sp³-hybridized carbons (Fsp3) is 0.250. The molecule has 0 fully saturated rings. The molecule has 1 amide bonds. The van der Waals surface area contributed by atoms with Crippen LogP contribution < -0.4 is 10.1 Å². The summed E-state index contributed by atoms with van der Waals surface area (Å²) in [5.41, 5.74) is 1.06. The molecule has 2 unspecified atom stereocenters. The van der Waals surface area contributed by atoms with Crippen molar-refractivity contribution in [2.45, 2.75) is 36.9 Å². The van der Waals surface area contributed by atoms with E-state index in [1.54, 1.807) is 24.3 Å². The lowest BCUT2D eigenvalue weighted by molar-refractivity contribution is -0.120. The second-order valence-electron chi connectivity index (χ2n) is 6.21. The van der Waals surface area contributed by atoms with Crippen LogP contribution in [0, 0.1) is 0 Å². The van der Waals surface area contributed by atoms with Crippen molar-refractivity contribution in [2.75, 3.05) is 0 Å². The fourth-order valence-corrected chi connectivity index (χ4v) is 3.32. The maximum absolute atomic E-state index is 12.4. The summed E-state index contributed by atoms with van der Waals surface area (Å²) in [6, 6.07) is 16.9. The Morgan fingerprint density at radius 3 is 2.61 bits per heavy atom. The predicted octanol–water partition coefficient (Wildman–Crippen LogP) is 4.40. The molecule has 0 saturated carbocycles. The van der Waals surface area contributed by atoms with Gasteiger partial charge < -0.3 is 10.1 Å². The van der Waals surface area contributed by atoms with Crippen LogP contribution in [0.5, 0.6) is 5.75 Å². The van der Waals surface area contributed by atoms with Gasteiger partial charge in [-0.15, -0.1) is 5.10 Å². The van der Waals surface area contributed by atoms with Gasteiger partial charge in [0.05, 0.1) is 11.3 Å². The third-order valence-electron chi connectivity index (χ3n) is 4.01. The quantitative estimate of drug-likeness (QED) is 0.532. The van der Waals surface area contributed by atoms with Crippen LogP contribution in [-0.4, -0.2) is 26.3 Å². The lowest BCUT2D eigenvalue weighted by Crippen LogP contribution is -2.33. The van der Waals surface area contributed by atoms with Crippen LogP contribution in [0.4, 0.5) is 0 Å². The third kappa shape index (κ3) is 5.74. The monoisotopic (exact) mass is 416 g/mol. The molecule has 3 aromatic rings. The smallest absolute Gasteiger partial charge is 0.233 e. The summed E-state index contributed by atoms with van der Waals surface area (Å²) in [5, 5.41) is 10.8. The van der Waals surface area contributed by atoms with Crippen LogP contribution in [0.25, 0.3) is 0 Å². The van der Waals surface area contributed by atoms with Crippen molar-refractivity contribution in [1.82, 2.24) is 20.5 Å². The number of aromatic nitrogens is 3. The zero-order valence-electron chi connectivity index (χ0n) is 15.6. The van der Waals surface area contributed by atoms with Crippen molar-refractivity contribution in [1.29, 1.82) is 0 Å². The first kappa shape index (κ1) is 20.2. The molecule has 0 aliphatic carbocycles. The van der Waals surface area contributed by atoms with Crippen molar-refractivity contribution in [3.63, 3.8) is 0 Å². The molecule has 2 atom stereocenters. The number of nitrogens with one attached hydrogen (secondary N) is 2. The van der Waals surface area contributed by atoms with Crippen molar-refractivity contribution in [3.05, 3.63) is 71.0 Å². The van der Waals surface area contributed by atoms with E-state index < -0.39 is 0 Å². The molecule has 0 aliphatic heterocycles. The van der Waals surface area contributed by atoms with Gasteiger partial charge in [-0.25, -0.2) is 4.98 Å². The number of H-pyrrole nitrogens is 1. The van der Waals surface area contributed by atoms with Gasteiger partial charge >= 0.3 is 0 Å². The van der Waals surface area contributed by atoms with Crippen molar-refractivity contribution in [3.8, 4) is 5.75 Å². The van der Waals surface area contributed by atoms with Crippen LogP contribution in [0.15, 0.2) is 59.8 Å². The molecule has 28 heavy (non-hydrogen) atoms. The van der Waals surface area contributed by atoms with Crippen molar-refractivity contribution >= 4 is 29.3 Å². The molecule has 0 aliphatic rings. The molecule has 146 valence electrons. The summed E-state index contributed by atoms with van der Waals surface area (Å²) >= 11 is 7.15. The van der Waals surface area contributed by atoms with E-state index >= 15 is 0 Å². The molecule has 2 aromatic carbocycles. The Hall–Kier alpha value is -2.51. The molecule has 0 bridgehead atoms. The largest absolute Gasteiger partial charge is 0.486 e. The van der Waals surface area contributed by atoms with Crippen LogP contribution in [0.1, 0.15) is 31.3 Å². The number of carbonyl (C=O) groups excluding carboxylic acids is 1. The van der Waals surface area contributed by atoms with Crippen molar-refractivity contribution < 1.29 is 9.53 Å². The number of rotatable bonds is 8. The van der Waals surface area contributed by atoms with Gasteiger partial charge in [-0.05, 0) is 43.7 Å². The van der Waals surface area contributed by atoms with E-state index in [9.17, 15) is 4.79 Å². The van der Waals surface area contributed by atoms with Gasteiger partial charge in [0.2, 0.25) is 11.1 Å². The highest BCUT2D eigenvalue weighted by Gasteiger charge is 2.19. The normalized spacial score (nSPS) is 13.0. The van der Waals surface area contributed by atoms with Gasteiger partial charge in [-0.2, -0.15) is 0 Å². The summed E-state index contributed by atoms with van der Waals surface area (Å²) in [4.78, 5) is 16.8. The number of hydrogen-bond donors (Lipinski definition) is 2. The van der Waals surface area contributed by atoms with Crippen LogP contribution in [-0.2, 0) is 11.4 Å². The third-order valence-corrected chi connectivity index (χ3v) is 5.22. The predicted molar refractivity (Wildman–Crippen MR) is 110 cm³/mol. The second kappa shape index (κ2) is 9.61. The lowest BCUT2D eigenvalue weighted by atomic mass is 10.1. The molecular formula is C20H21ClN4O2S. The molecule has 0 radical (unpaired) electrons. The average molecular weight is 417 g/mol. The number of thioether (sulfide) groups is 1. The molecule has 0 spiro atoms. The van der Waals surface area contributed by atoms with Gasteiger partial charge in [0, 0.05) is 5.02 Å². The Balaban J connectivity index is 1.49. The summed E-state index contributed by atoms with van der Waals surface area (Å²) in [6.07, 6.45) is 0. The van der Waals surface area contributed by atoms with Crippen LogP contribution in [0.2, 0.25) is 5.02 Å². The standard InChI is InChI=1S/C20H21ClN4O2S/c1-13(15-6-4-3-5-7-15)22-19(26)14(2)28-20-23-18(24-25-20)12-27-17-10-8-16(21)9-11-17/h3-11,13-14H,12H2,1-2H3,(H,22,26)(H,23,24,25). The number of aromatic amines is 1. The highest BCUT2D eigenvalue weighted by molar-refractivity contribution is 8.00. The lowest BCUT2D eigenvalue weighted by Gasteiger charge is -2.16. The van der Waals surface area contributed by atoms with E-state index in [1.807, 2.05) is 44.2 Å². The zero-order valence-corrected chi connectivity index (χ0v) is 17.1. The summed E-state index contributed by atoms with van der Waals surface area (Å²) in [7, 11) is 0. The minimum absolute atomic E-state index is 0.0628. The Morgan fingerprint density at radius 2 is 1.89 bits per heavy atom. The van der Waals surface area contributed by atoms with E-state index in [0.717, 1.165) is 5.56 Å². The van der Waals surface area contributed by atoms with Gasteiger partial charge in [0.15, 0.2) is 5.82 Å². The van der Waals surface area contributed by atoms with Crippen molar-refractivity contribution in [2.24, 2.45) is 0 Å². The SMILES string of the molecule is CC(Sc1n[nH]c(COc2ccc(Cl)cc2)n1)C(=O)NC(C)c1ccccc1. The average Bonchev–Trinajstić information content (AvgIpc) is 3.15. The Labute approximate surface area is 173 Å². The zero-order chi connectivity index (χ0) is 19.9. The molecule has 8 heteroatoms. The fourth-order valence-electron chi connectivity index (χ4n) is 2.44. The molecule has 0 saturated heterocycles. The number of hydrogen-bond acceptors (Lipinski definition) is 5. The second-order valence-corrected chi connectivity index (χ2v) is 7.95. The van der Waals surface area contributed by atoms with Crippen LogP contribution in [0.3, 0.4) is 0 Å². The molecular weight excluding hydrogens is 396 g/mol. The number of ether oxygens (including phenoxy) is 1. The summed E-state index contributed by atoms with van der Waals surface area (Å²) < 4.78 is 5.63. The first-order valence-electron chi connectivity index (χ1n) is 8.83. The van der Waals surface area contributed by atoms with E-state index in [0.29, 0.717) is 21.8 Å². The van der Waals surface area contributed by atoms with Gasteiger partial charge in [0.25, 0.3) is 0 Å². The van der Waals surface area contributed by atoms with Gasteiger partial charge in [-0.1, -0.05) is 53.7 Å². The minimum Gasteiger partial charge on any atom is -0.486 e. The molecule has 1 aromatic heterocycles. The topological polar surface area (TPSA) is 79.9 Å². The number of carbonyl (C=O) groups is 1. The van der Waals surface area contributed by atoms with Gasteiger partial charge in [0.1, 0.15) is 12.4 Å². The Morgan fingerprint density at radius 1 is 1.18 bits per heavy atom. The van der Waals surface area contributed by atoms with E-state index in [2.05, 4.69) is 20.5 Å². The van der Waals surface area contributed by atoms with E-state index in [4.69, 9.17) is 16.3 Å². The highest BCUT2D eigenvalue weighted by atomic mass is 35.5. The minimum atomic E-state index is -0.327. The summed E-state index contributed by atoms with van der Waals surface area (Å²) in [5.74, 6) is 1.21. The molecule has 1 heterocycles. The summed E-state index contributed by atoms with van der Waals surface area (Å²) in [6.45, 7) is 4.04. The molecule has 2 N–H and O–H groups in total. The highest BCUT2D eigenvalue weighted by Crippen LogP contribution is 2.21. The number of nitrogens with zero attached hydrogens (tertiary/aromatic N) is 2. The maximum atomic E-state index is 12.4. The first-order valence-corrected chi connectivity index (χ1v) is 10.1. The molecule has 6 nitrogen and oxygen atoms in total. The van der Waals surface area contributed by atoms with E-state index in [1.165, 1.54) is 11.8 Å². The first-order chi connectivity index (χ1) is 13.5. The molecule has 3 rings (SSSR count). The number of amides is 1. The Kier molecular flexibility index (Phi) is 6.95. The Bertz CT molecular complexity index is 902. The van der Waals surface area contributed by atoms with E-state index in [-0.39, 0.29) is 23.8 Å². The van der Waals surface area contributed by atoms with Crippen LogP contribution >= 0.6 is 23.4 Å².